The fourth-order valence-corrected chi connectivity index (χ4v) is 2.87. The lowest BCUT2D eigenvalue weighted by Crippen LogP contribution is -2.57. The summed E-state index contributed by atoms with van der Waals surface area (Å²) < 4.78 is 20.8. The van der Waals surface area contributed by atoms with Crippen LogP contribution in [-0.4, -0.2) is 101 Å². The molecule has 1 aliphatic carbocycles. The Morgan fingerprint density at radius 3 is 2.14 bits per heavy atom. The van der Waals surface area contributed by atoms with E-state index < -0.39 is 30.1 Å². The Hall–Kier alpha value is -1.34. The topological polar surface area (TPSA) is 176 Å². The third-order valence-electron chi connectivity index (χ3n) is 4.16. The van der Waals surface area contributed by atoms with E-state index in [1.54, 1.807) is 0 Å². The number of aliphatic hydroxyl groups excluding tert-OH is 2. The zero-order valence-corrected chi connectivity index (χ0v) is 16.7. The molecule has 1 rings (SSSR count). The number of ether oxygens (including phenoxy) is 4. The number of carbonyl (C=O) groups is 2. The van der Waals surface area contributed by atoms with Gasteiger partial charge < -0.3 is 45.9 Å². The molecular formula is C17H35N3O8. The fraction of sp³-hybridized carbons (Fsp3) is 0.882. The quantitative estimate of drug-likeness (QED) is 0.204. The Balaban J connectivity index is 0.00000352. The summed E-state index contributed by atoms with van der Waals surface area (Å²) in [6, 6.07) is -0.564. The second-order valence-electron chi connectivity index (χ2n) is 6.01. The van der Waals surface area contributed by atoms with Crippen molar-refractivity contribution >= 4 is 11.8 Å². The van der Waals surface area contributed by atoms with Crippen molar-refractivity contribution in [3.05, 3.63) is 0 Å². The Kier molecular flexibility index (Phi) is 15.8. The molecule has 4 unspecified atom stereocenters. The first kappa shape index (κ1) is 26.7. The number of primary amides is 1. The van der Waals surface area contributed by atoms with E-state index in [1.165, 1.54) is 7.11 Å². The van der Waals surface area contributed by atoms with Crippen LogP contribution in [0.5, 0.6) is 0 Å². The number of hydrogen-bond acceptors (Lipinski definition) is 9. The first-order valence-electron chi connectivity index (χ1n) is 9.18. The van der Waals surface area contributed by atoms with E-state index in [-0.39, 0.29) is 19.1 Å². The average Bonchev–Trinajstić information content (AvgIpc) is 2.69. The first-order chi connectivity index (χ1) is 13.5. The summed E-state index contributed by atoms with van der Waals surface area (Å²) in [6.07, 6.45) is -0.529. The highest BCUT2D eigenvalue weighted by Crippen LogP contribution is 2.27. The number of rotatable bonds is 13. The van der Waals surface area contributed by atoms with Crippen LogP contribution in [-0.2, 0) is 28.5 Å². The van der Waals surface area contributed by atoms with Crippen LogP contribution in [0.1, 0.15) is 12.8 Å². The Labute approximate surface area is 165 Å². The molecule has 0 aromatic rings. The predicted molar refractivity (Wildman–Crippen MR) is 100 cm³/mol. The molecule has 0 spiro atoms. The molecule has 0 saturated heterocycles. The molecule has 11 heteroatoms. The first-order valence-corrected chi connectivity index (χ1v) is 9.18. The highest BCUT2D eigenvalue weighted by atomic mass is 16.5. The van der Waals surface area contributed by atoms with Crippen LogP contribution < -0.4 is 16.8 Å². The van der Waals surface area contributed by atoms with Crippen molar-refractivity contribution in [3.8, 4) is 0 Å². The molecule has 2 amide bonds. The van der Waals surface area contributed by atoms with E-state index in [2.05, 4.69) is 5.32 Å². The van der Waals surface area contributed by atoms with Crippen molar-refractivity contribution < 1.29 is 38.7 Å². The normalized spacial score (nSPS) is 24.2. The van der Waals surface area contributed by atoms with Gasteiger partial charge in [-0.25, -0.2) is 0 Å². The fourth-order valence-electron chi connectivity index (χ4n) is 2.87. The van der Waals surface area contributed by atoms with Gasteiger partial charge in [-0.2, -0.15) is 0 Å². The van der Waals surface area contributed by atoms with Gasteiger partial charge in [0.1, 0.15) is 6.61 Å². The lowest BCUT2D eigenvalue weighted by atomic mass is 9.80. The summed E-state index contributed by atoms with van der Waals surface area (Å²) in [7, 11) is 2.46. The molecule has 1 fully saturated rings. The maximum Gasteiger partial charge on any atom is 0.246 e. The monoisotopic (exact) mass is 409 g/mol. The summed E-state index contributed by atoms with van der Waals surface area (Å²) in [5.74, 6) is -1.87. The highest BCUT2D eigenvalue weighted by Gasteiger charge is 2.42. The second-order valence-corrected chi connectivity index (χ2v) is 6.01. The maximum absolute atomic E-state index is 11.9. The van der Waals surface area contributed by atoms with Crippen LogP contribution in [0.2, 0.25) is 0 Å². The van der Waals surface area contributed by atoms with Crippen molar-refractivity contribution in [2.75, 3.05) is 60.4 Å². The van der Waals surface area contributed by atoms with Gasteiger partial charge in [0, 0.05) is 20.8 Å². The Bertz CT molecular complexity index is 427. The van der Waals surface area contributed by atoms with E-state index in [0.29, 0.717) is 45.8 Å². The van der Waals surface area contributed by atoms with Gasteiger partial charge in [0.15, 0.2) is 0 Å². The predicted octanol–water partition coefficient (Wildman–Crippen LogP) is -2.64. The number of aliphatic hydroxyl groups is 2. The standard InChI is InChI=1S/C16H31N3O7.CH4O/c1-23-12-3-2-11(15(21)14(12)16(18)22)19-13(20)10-26-9-8-25-7-6-24-5-4-17;1-2/h11-12,14-15,21H,2-10,17H2,1H3,(H2,18,22)(H,19,20);2H,1H3. The molecule has 0 aromatic carbocycles. The number of methoxy groups -OCH3 is 1. The van der Waals surface area contributed by atoms with Gasteiger partial charge in [-0.1, -0.05) is 0 Å². The maximum atomic E-state index is 11.9. The lowest BCUT2D eigenvalue weighted by molar-refractivity contribution is -0.141. The van der Waals surface area contributed by atoms with Crippen molar-refractivity contribution in [2.45, 2.75) is 31.1 Å². The minimum Gasteiger partial charge on any atom is -0.400 e. The van der Waals surface area contributed by atoms with Crippen molar-refractivity contribution in [1.82, 2.24) is 5.32 Å². The summed E-state index contributed by atoms with van der Waals surface area (Å²) in [5.41, 5.74) is 10.6. The number of hydrogen-bond donors (Lipinski definition) is 5. The van der Waals surface area contributed by atoms with Gasteiger partial charge in [0.05, 0.1) is 57.2 Å². The highest BCUT2D eigenvalue weighted by molar-refractivity contribution is 5.79. The Morgan fingerprint density at radius 2 is 1.61 bits per heavy atom. The van der Waals surface area contributed by atoms with Crippen LogP contribution in [0.15, 0.2) is 0 Å². The second kappa shape index (κ2) is 16.6. The van der Waals surface area contributed by atoms with Gasteiger partial charge in [0.2, 0.25) is 11.8 Å². The molecule has 11 nitrogen and oxygen atoms in total. The van der Waals surface area contributed by atoms with Crippen molar-refractivity contribution in [1.29, 1.82) is 0 Å². The largest absolute Gasteiger partial charge is 0.400 e. The molecule has 0 bridgehead atoms. The average molecular weight is 409 g/mol. The molecule has 28 heavy (non-hydrogen) atoms. The molecule has 4 atom stereocenters. The number of nitrogens with two attached hydrogens (primary N) is 2. The van der Waals surface area contributed by atoms with Gasteiger partial charge in [0.25, 0.3) is 0 Å². The summed E-state index contributed by atoms with van der Waals surface area (Å²) >= 11 is 0. The zero-order chi connectivity index (χ0) is 21.4. The minimum absolute atomic E-state index is 0.162. The molecule has 7 N–H and O–H groups in total. The summed E-state index contributed by atoms with van der Waals surface area (Å²) in [5, 5.41) is 20.0. The molecule has 0 radical (unpaired) electrons. The summed E-state index contributed by atoms with van der Waals surface area (Å²) in [4.78, 5) is 23.5. The van der Waals surface area contributed by atoms with Crippen molar-refractivity contribution in [3.63, 3.8) is 0 Å². The third-order valence-corrected chi connectivity index (χ3v) is 4.16. The smallest absolute Gasteiger partial charge is 0.246 e. The molecule has 0 aliphatic heterocycles. The van der Waals surface area contributed by atoms with E-state index in [0.717, 1.165) is 7.11 Å². The van der Waals surface area contributed by atoms with Crippen LogP contribution in [0, 0.1) is 5.92 Å². The Morgan fingerprint density at radius 1 is 1.04 bits per heavy atom. The van der Waals surface area contributed by atoms with Gasteiger partial charge in [-0.3, -0.25) is 9.59 Å². The number of amides is 2. The lowest BCUT2D eigenvalue weighted by Gasteiger charge is -2.38. The molecule has 1 aliphatic rings. The minimum atomic E-state index is -1.09. The van der Waals surface area contributed by atoms with Gasteiger partial charge in [-0.15, -0.1) is 0 Å². The van der Waals surface area contributed by atoms with Gasteiger partial charge >= 0.3 is 0 Å². The number of carbonyl (C=O) groups excluding carboxylic acids is 2. The third kappa shape index (κ3) is 10.3. The SMILES string of the molecule is CO.COC1CCC(NC(=O)COCCOCCOCCN)C(O)C1C(N)=O. The molecule has 0 aromatic heterocycles. The van der Waals surface area contributed by atoms with E-state index >= 15 is 0 Å². The number of nitrogens with one attached hydrogen (secondary N) is 1. The molecule has 166 valence electrons. The van der Waals surface area contributed by atoms with Gasteiger partial charge in [-0.05, 0) is 12.8 Å². The summed E-state index contributed by atoms with van der Waals surface area (Å²) in [6.45, 7) is 2.29. The zero-order valence-electron chi connectivity index (χ0n) is 16.7. The van der Waals surface area contributed by atoms with Crippen molar-refractivity contribution in [2.24, 2.45) is 17.4 Å². The van der Waals surface area contributed by atoms with Crippen LogP contribution in [0.25, 0.3) is 0 Å². The van der Waals surface area contributed by atoms with E-state index in [4.69, 9.17) is 35.5 Å². The van der Waals surface area contributed by atoms with Crippen LogP contribution >= 0.6 is 0 Å². The molecular weight excluding hydrogens is 374 g/mol. The van der Waals surface area contributed by atoms with Crippen LogP contribution in [0.3, 0.4) is 0 Å². The van der Waals surface area contributed by atoms with Crippen LogP contribution in [0.4, 0.5) is 0 Å². The molecule has 0 heterocycles. The van der Waals surface area contributed by atoms with E-state index in [9.17, 15) is 14.7 Å². The van der Waals surface area contributed by atoms with E-state index in [1.807, 2.05) is 0 Å². The molecule has 1 saturated carbocycles.